The van der Waals surface area contributed by atoms with E-state index in [0.717, 1.165) is 16.8 Å². The van der Waals surface area contributed by atoms with Gasteiger partial charge in [-0.3, -0.25) is 9.59 Å². The number of carbonyl (C=O) groups is 2. The summed E-state index contributed by atoms with van der Waals surface area (Å²) in [4.78, 5) is 30.1. The third-order valence-electron chi connectivity index (χ3n) is 5.05. The number of thioether (sulfide) groups is 1. The Morgan fingerprint density at radius 3 is 2.61 bits per heavy atom. The second-order valence-corrected chi connectivity index (χ2v) is 8.00. The lowest BCUT2D eigenvalue weighted by Crippen LogP contribution is -2.34. The normalized spacial score (nSPS) is 16.4. The number of ether oxygens (including phenoxy) is 1. The van der Waals surface area contributed by atoms with E-state index in [0.29, 0.717) is 18.8 Å². The summed E-state index contributed by atoms with van der Waals surface area (Å²) in [5, 5.41) is 0. The Labute approximate surface area is 170 Å². The smallest absolute Gasteiger partial charge is 0.228 e. The summed E-state index contributed by atoms with van der Waals surface area (Å²) in [6, 6.07) is 13.9. The average Bonchev–Trinajstić information content (AvgIpc) is 3.09. The maximum atomic E-state index is 12.9. The molecule has 0 unspecified atom stereocenters. The summed E-state index contributed by atoms with van der Waals surface area (Å²) in [6.45, 7) is 2.89. The molecule has 1 aliphatic heterocycles. The van der Waals surface area contributed by atoms with Gasteiger partial charge in [-0.15, -0.1) is 11.8 Å². The quantitative estimate of drug-likeness (QED) is 0.696. The van der Waals surface area contributed by atoms with E-state index in [1.807, 2.05) is 43.5 Å². The van der Waals surface area contributed by atoms with Gasteiger partial charge in [-0.25, -0.2) is 0 Å². The van der Waals surface area contributed by atoms with Gasteiger partial charge in [-0.05, 0) is 48.6 Å². The van der Waals surface area contributed by atoms with Crippen LogP contribution in [0.3, 0.4) is 0 Å². The van der Waals surface area contributed by atoms with Crippen LogP contribution in [0.4, 0.5) is 5.69 Å². The molecule has 2 aromatic rings. The van der Waals surface area contributed by atoms with Crippen LogP contribution in [0, 0.1) is 12.8 Å². The van der Waals surface area contributed by atoms with Gasteiger partial charge in [0.25, 0.3) is 0 Å². The highest BCUT2D eigenvalue weighted by molar-refractivity contribution is 7.98. The second-order valence-electron chi connectivity index (χ2n) is 7.12. The van der Waals surface area contributed by atoms with Gasteiger partial charge in [-0.1, -0.05) is 18.2 Å². The lowest BCUT2D eigenvalue weighted by atomic mass is 10.1. The number of carbonyl (C=O) groups excluding carboxylic acids is 2. The molecule has 1 atom stereocenters. The topological polar surface area (TPSA) is 49.9 Å². The van der Waals surface area contributed by atoms with Crippen LogP contribution in [0.5, 0.6) is 5.75 Å². The zero-order valence-corrected chi connectivity index (χ0v) is 17.6. The van der Waals surface area contributed by atoms with Crippen molar-refractivity contribution < 1.29 is 14.3 Å². The zero-order chi connectivity index (χ0) is 20.3. The predicted octanol–water partition coefficient (Wildman–Crippen LogP) is 3.74. The summed E-state index contributed by atoms with van der Waals surface area (Å²) >= 11 is 1.69. The monoisotopic (exact) mass is 398 g/mol. The van der Waals surface area contributed by atoms with E-state index in [1.54, 1.807) is 35.7 Å². The number of rotatable bonds is 6. The Morgan fingerprint density at radius 1 is 1.25 bits per heavy atom. The van der Waals surface area contributed by atoms with E-state index in [-0.39, 0.29) is 24.2 Å². The summed E-state index contributed by atoms with van der Waals surface area (Å²) in [5.74, 6) is 0.263. The van der Waals surface area contributed by atoms with Crippen LogP contribution in [0.1, 0.15) is 17.5 Å². The van der Waals surface area contributed by atoms with Gasteiger partial charge in [0, 0.05) is 31.5 Å². The van der Waals surface area contributed by atoms with Crippen LogP contribution in [-0.2, 0) is 16.1 Å². The minimum absolute atomic E-state index is 0.00332. The molecule has 0 aromatic heterocycles. The van der Waals surface area contributed by atoms with Crippen LogP contribution in [0.25, 0.3) is 0 Å². The molecule has 6 heteroatoms. The maximum absolute atomic E-state index is 12.9. The van der Waals surface area contributed by atoms with Gasteiger partial charge in [0.05, 0.1) is 18.7 Å². The standard InChI is InChI=1S/C22H26N2O3S/c1-15-5-10-20(27-3)19(11-15)24-14-17(12-21(24)25)22(26)23(2)13-16-6-8-18(28-4)9-7-16/h5-11,17H,12-14H2,1-4H3/t17-/m1/s1. The van der Waals surface area contributed by atoms with Crippen molar-refractivity contribution in [3.05, 3.63) is 53.6 Å². The molecule has 1 aliphatic rings. The van der Waals surface area contributed by atoms with E-state index in [9.17, 15) is 9.59 Å². The Hall–Kier alpha value is -2.47. The lowest BCUT2D eigenvalue weighted by Gasteiger charge is -2.22. The predicted molar refractivity (Wildman–Crippen MR) is 113 cm³/mol. The van der Waals surface area contributed by atoms with Crippen LogP contribution < -0.4 is 9.64 Å². The molecule has 28 heavy (non-hydrogen) atoms. The first-order valence-electron chi connectivity index (χ1n) is 9.26. The minimum Gasteiger partial charge on any atom is -0.495 e. The Kier molecular flexibility index (Phi) is 6.29. The number of aryl methyl sites for hydroxylation is 1. The summed E-state index contributed by atoms with van der Waals surface area (Å²) < 4.78 is 5.41. The number of methoxy groups -OCH3 is 1. The van der Waals surface area contributed by atoms with Crippen molar-refractivity contribution in [2.24, 2.45) is 5.92 Å². The Bertz CT molecular complexity index is 867. The van der Waals surface area contributed by atoms with Gasteiger partial charge >= 0.3 is 0 Å². The first-order valence-corrected chi connectivity index (χ1v) is 10.5. The number of amides is 2. The molecule has 5 nitrogen and oxygen atoms in total. The average molecular weight is 399 g/mol. The number of nitrogens with zero attached hydrogens (tertiary/aromatic N) is 2. The largest absolute Gasteiger partial charge is 0.495 e. The van der Waals surface area contributed by atoms with Gasteiger partial charge in [0.15, 0.2) is 0 Å². The summed E-state index contributed by atoms with van der Waals surface area (Å²) in [6.07, 6.45) is 2.27. The number of benzene rings is 2. The van der Waals surface area contributed by atoms with Crippen molar-refractivity contribution >= 4 is 29.3 Å². The van der Waals surface area contributed by atoms with Crippen LogP contribution in [0.2, 0.25) is 0 Å². The van der Waals surface area contributed by atoms with Crippen LogP contribution >= 0.6 is 11.8 Å². The molecule has 0 aliphatic carbocycles. The molecule has 3 rings (SSSR count). The first kappa shape index (κ1) is 20.3. The molecular weight excluding hydrogens is 372 g/mol. The molecule has 2 aromatic carbocycles. The summed E-state index contributed by atoms with van der Waals surface area (Å²) in [5.41, 5.74) is 2.86. The van der Waals surface area contributed by atoms with Crippen molar-refractivity contribution in [2.45, 2.75) is 24.8 Å². The first-order chi connectivity index (χ1) is 13.4. The fourth-order valence-corrected chi connectivity index (χ4v) is 3.92. The number of hydrogen-bond donors (Lipinski definition) is 0. The molecule has 148 valence electrons. The zero-order valence-electron chi connectivity index (χ0n) is 16.8. The van der Waals surface area contributed by atoms with Gasteiger partial charge in [0.2, 0.25) is 11.8 Å². The summed E-state index contributed by atoms with van der Waals surface area (Å²) in [7, 11) is 3.39. The highest BCUT2D eigenvalue weighted by Crippen LogP contribution is 2.34. The SMILES string of the molecule is COc1ccc(C)cc1N1C[C@H](C(=O)N(C)Cc2ccc(SC)cc2)CC1=O. The minimum atomic E-state index is -0.340. The van der Waals surface area contributed by atoms with Gasteiger partial charge < -0.3 is 14.5 Å². The Morgan fingerprint density at radius 2 is 1.96 bits per heavy atom. The van der Waals surface area contributed by atoms with Gasteiger partial charge in [-0.2, -0.15) is 0 Å². The van der Waals surface area contributed by atoms with E-state index >= 15 is 0 Å². The molecule has 1 heterocycles. The van der Waals surface area contributed by atoms with E-state index in [2.05, 4.69) is 12.1 Å². The molecule has 2 amide bonds. The second kappa shape index (κ2) is 8.69. The van der Waals surface area contributed by atoms with E-state index < -0.39 is 0 Å². The highest BCUT2D eigenvalue weighted by atomic mass is 32.2. The third-order valence-corrected chi connectivity index (χ3v) is 5.80. The third kappa shape index (κ3) is 4.33. The lowest BCUT2D eigenvalue weighted by molar-refractivity contribution is -0.135. The molecule has 0 N–H and O–H groups in total. The molecule has 1 saturated heterocycles. The molecule has 0 spiro atoms. The van der Waals surface area contributed by atoms with Crippen molar-refractivity contribution in [2.75, 3.05) is 31.9 Å². The molecular formula is C22H26N2O3S. The van der Waals surface area contributed by atoms with E-state index in [1.165, 1.54) is 4.90 Å². The van der Waals surface area contributed by atoms with Crippen LogP contribution in [0.15, 0.2) is 47.4 Å². The van der Waals surface area contributed by atoms with Crippen molar-refractivity contribution in [1.29, 1.82) is 0 Å². The highest BCUT2D eigenvalue weighted by Gasteiger charge is 2.37. The molecule has 0 bridgehead atoms. The number of hydrogen-bond acceptors (Lipinski definition) is 4. The molecule has 1 fully saturated rings. The molecule has 0 radical (unpaired) electrons. The molecule has 0 saturated carbocycles. The Balaban J connectivity index is 1.70. The fourth-order valence-electron chi connectivity index (χ4n) is 3.51. The van der Waals surface area contributed by atoms with Gasteiger partial charge in [0.1, 0.15) is 5.75 Å². The maximum Gasteiger partial charge on any atom is 0.228 e. The van der Waals surface area contributed by atoms with Crippen molar-refractivity contribution in [1.82, 2.24) is 4.90 Å². The fraction of sp³-hybridized carbons (Fsp3) is 0.364. The van der Waals surface area contributed by atoms with Crippen molar-refractivity contribution in [3.8, 4) is 5.75 Å². The van der Waals surface area contributed by atoms with Crippen LogP contribution in [-0.4, -0.2) is 43.7 Å². The van der Waals surface area contributed by atoms with Crippen molar-refractivity contribution in [3.63, 3.8) is 0 Å². The number of anilines is 1. The van der Waals surface area contributed by atoms with E-state index in [4.69, 9.17) is 4.74 Å².